The van der Waals surface area contributed by atoms with Gasteiger partial charge in [-0.05, 0) is 54.2 Å². The monoisotopic (exact) mass is 282 g/mol. The first kappa shape index (κ1) is 12.6. The molecular weight excluding hydrogens is 267 g/mol. The number of benzene rings is 2. The minimum Gasteiger partial charge on any atom is -0.458 e. The van der Waals surface area contributed by atoms with Crippen LogP contribution in [0.1, 0.15) is 41.8 Å². The van der Waals surface area contributed by atoms with E-state index in [0.29, 0.717) is 22.6 Å². The molecule has 106 valence electrons. The average molecular weight is 282 g/mol. The van der Waals surface area contributed by atoms with Crippen LogP contribution < -0.4 is 0 Å². The molecule has 1 saturated carbocycles. The van der Waals surface area contributed by atoms with Crippen molar-refractivity contribution in [2.45, 2.75) is 24.9 Å². The molecule has 1 atom stereocenters. The zero-order chi connectivity index (χ0) is 14.4. The molecule has 3 aromatic rings. The first-order chi connectivity index (χ1) is 10.2. The first-order valence-corrected chi connectivity index (χ1v) is 7.17. The van der Waals surface area contributed by atoms with Crippen molar-refractivity contribution in [3.05, 3.63) is 71.2 Å². The summed E-state index contributed by atoms with van der Waals surface area (Å²) in [5.74, 6) is 0.783. The number of rotatable bonds is 3. The molecule has 3 heteroatoms. The highest BCUT2D eigenvalue weighted by molar-refractivity contribution is 5.78. The summed E-state index contributed by atoms with van der Waals surface area (Å²) in [6.45, 7) is 0. The van der Waals surface area contributed by atoms with Crippen LogP contribution in [0.25, 0.3) is 11.0 Å². The normalized spacial score (nSPS) is 16.3. The van der Waals surface area contributed by atoms with Crippen molar-refractivity contribution < 1.29 is 13.9 Å². The van der Waals surface area contributed by atoms with Gasteiger partial charge in [-0.15, -0.1) is 0 Å². The molecular formula is C18H15FO2. The standard InChI is InChI=1S/C18H15FO2/c19-15-6-7-16-14(9-15)10-17(21-16)18(20)13-3-1-2-12(8-13)11-4-5-11/h1-3,6-11,18,20H,4-5H2. The summed E-state index contributed by atoms with van der Waals surface area (Å²) in [4.78, 5) is 0. The summed E-state index contributed by atoms with van der Waals surface area (Å²) in [5, 5.41) is 11.2. The average Bonchev–Trinajstić information content (AvgIpc) is 3.26. The van der Waals surface area contributed by atoms with Crippen LogP contribution in [-0.4, -0.2) is 5.11 Å². The number of furan rings is 1. The maximum atomic E-state index is 13.2. The molecule has 0 spiro atoms. The fourth-order valence-corrected chi connectivity index (χ4v) is 2.73. The van der Waals surface area contributed by atoms with Crippen molar-refractivity contribution in [2.24, 2.45) is 0 Å². The van der Waals surface area contributed by atoms with Crippen molar-refractivity contribution in [2.75, 3.05) is 0 Å². The van der Waals surface area contributed by atoms with E-state index in [9.17, 15) is 9.50 Å². The van der Waals surface area contributed by atoms with Crippen LogP contribution in [-0.2, 0) is 0 Å². The molecule has 1 aliphatic rings. The summed E-state index contributed by atoms with van der Waals surface area (Å²) in [5.41, 5.74) is 2.68. The molecule has 1 unspecified atom stereocenters. The van der Waals surface area contributed by atoms with Crippen molar-refractivity contribution in [1.82, 2.24) is 0 Å². The zero-order valence-corrected chi connectivity index (χ0v) is 11.4. The van der Waals surface area contributed by atoms with Gasteiger partial charge >= 0.3 is 0 Å². The lowest BCUT2D eigenvalue weighted by Crippen LogP contribution is -1.98. The highest BCUT2D eigenvalue weighted by atomic mass is 19.1. The highest BCUT2D eigenvalue weighted by Gasteiger charge is 2.24. The molecule has 0 radical (unpaired) electrons. The molecule has 2 nitrogen and oxygen atoms in total. The Labute approximate surface area is 121 Å². The molecule has 1 N–H and O–H groups in total. The lowest BCUT2D eigenvalue weighted by Gasteiger charge is -2.09. The van der Waals surface area contributed by atoms with E-state index in [1.165, 1.54) is 30.5 Å². The quantitative estimate of drug-likeness (QED) is 0.765. The third-order valence-corrected chi connectivity index (χ3v) is 4.04. The summed E-state index contributed by atoms with van der Waals surface area (Å²) >= 11 is 0. The Kier molecular flexibility index (Phi) is 2.82. The van der Waals surface area contributed by atoms with Crippen molar-refractivity contribution in [3.63, 3.8) is 0 Å². The van der Waals surface area contributed by atoms with Crippen LogP contribution in [0.2, 0.25) is 0 Å². The fraction of sp³-hybridized carbons (Fsp3) is 0.222. The van der Waals surface area contributed by atoms with Crippen molar-refractivity contribution in [1.29, 1.82) is 0 Å². The molecule has 1 fully saturated rings. The van der Waals surface area contributed by atoms with Gasteiger partial charge in [0.15, 0.2) is 0 Å². The molecule has 2 aromatic carbocycles. The van der Waals surface area contributed by atoms with E-state index in [1.54, 1.807) is 12.1 Å². The largest absolute Gasteiger partial charge is 0.458 e. The summed E-state index contributed by atoms with van der Waals surface area (Å²) < 4.78 is 18.9. The van der Waals surface area contributed by atoms with Gasteiger partial charge in [0.25, 0.3) is 0 Å². The van der Waals surface area contributed by atoms with Crippen LogP contribution in [0.15, 0.2) is 52.9 Å². The molecule has 1 heterocycles. The molecule has 4 rings (SSSR count). The Morgan fingerprint density at radius 3 is 2.76 bits per heavy atom. The maximum absolute atomic E-state index is 13.2. The zero-order valence-electron chi connectivity index (χ0n) is 11.4. The van der Waals surface area contributed by atoms with Gasteiger partial charge in [0.1, 0.15) is 23.3 Å². The van der Waals surface area contributed by atoms with Crippen LogP contribution in [0, 0.1) is 5.82 Å². The summed E-state index contributed by atoms with van der Waals surface area (Å²) in [7, 11) is 0. The van der Waals surface area contributed by atoms with Crippen LogP contribution >= 0.6 is 0 Å². The van der Waals surface area contributed by atoms with Crippen LogP contribution in [0.4, 0.5) is 4.39 Å². The summed E-state index contributed by atoms with van der Waals surface area (Å²) in [6, 6.07) is 14.1. The SMILES string of the molecule is OC(c1cccc(C2CC2)c1)c1cc2cc(F)ccc2o1. The Hall–Kier alpha value is -2.13. The van der Waals surface area contributed by atoms with Crippen LogP contribution in [0.3, 0.4) is 0 Å². The molecule has 21 heavy (non-hydrogen) atoms. The Morgan fingerprint density at radius 1 is 1.10 bits per heavy atom. The summed E-state index contributed by atoms with van der Waals surface area (Å²) in [6.07, 6.45) is 1.63. The van der Waals surface area contributed by atoms with E-state index in [1.807, 2.05) is 18.2 Å². The second kappa shape index (κ2) is 4.71. The highest BCUT2D eigenvalue weighted by Crippen LogP contribution is 2.41. The molecule has 0 saturated heterocycles. The third-order valence-electron chi connectivity index (χ3n) is 4.04. The molecule has 0 aliphatic heterocycles. The minimum atomic E-state index is -0.820. The van der Waals surface area contributed by atoms with Gasteiger partial charge in [-0.25, -0.2) is 4.39 Å². The van der Waals surface area contributed by atoms with Gasteiger partial charge in [0.2, 0.25) is 0 Å². The molecule has 1 aromatic heterocycles. The van der Waals surface area contributed by atoms with E-state index in [0.717, 1.165) is 5.56 Å². The fourth-order valence-electron chi connectivity index (χ4n) is 2.73. The number of hydrogen-bond acceptors (Lipinski definition) is 2. The number of halogens is 1. The minimum absolute atomic E-state index is 0.305. The second-order valence-corrected chi connectivity index (χ2v) is 5.68. The predicted molar refractivity (Wildman–Crippen MR) is 78.7 cm³/mol. The van der Waals surface area contributed by atoms with E-state index in [2.05, 4.69) is 6.07 Å². The van der Waals surface area contributed by atoms with Crippen LogP contribution in [0.5, 0.6) is 0 Å². The third kappa shape index (κ3) is 2.34. The van der Waals surface area contributed by atoms with Gasteiger partial charge in [0, 0.05) is 5.39 Å². The number of aliphatic hydroxyl groups excluding tert-OH is 1. The predicted octanol–water partition coefficient (Wildman–Crippen LogP) is 4.53. The molecule has 0 amide bonds. The Morgan fingerprint density at radius 2 is 1.95 bits per heavy atom. The second-order valence-electron chi connectivity index (χ2n) is 5.68. The van der Waals surface area contributed by atoms with Gasteiger partial charge < -0.3 is 9.52 Å². The van der Waals surface area contributed by atoms with Gasteiger partial charge in [0.05, 0.1) is 0 Å². The lowest BCUT2D eigenvalue weighted by molar-refractivity contribution is 0.192. The molecule has 1 aliphatic carbocycles. The smallest absolute Gasteiger partial charge is 0.138 e. The number of aliphatic hydroxyl groups is 1. The van der Waals surface area contributed by atoms with Gasteiger partial charge in [-0.1, -0.05) is 24.3 Å². The van der Waals surface area contributed by atoms with Gasteiger partial charge in [-0.2, -0.15) is 0 Å². The van der Waals surface area contributed by atoms with Crippen molar-refractivity contribution in [3.8, 4) is 0 Å². The van der Waals surface area contributed by atoms with E-state index in [-0.39, 0.29) is 5.82 Å². The Bertz CT molecular complexity index is 802. The van der Waals surface area contributed by atoms with E-state index >= 15 is 0 Å². The molecule has 0 bridgehead atoms. The topological polar surface area (TPSA) is 33.4 Å². The van der Waals surface area contributed by atoms with Gasteiger partial charge in [-0.3, -0.25) is 0 Å². The Balaban J connectivity index is 1.71. The lowest BCUT2D eigenvalue weighted by atomic mass is 10.0. The van der Waals surface area contributed by atoms with E-state index < -0.39 is 6.10 Å². The first-order valence-electron chi connectivity index (χ1n) is 7.17. The number of fused-ring (bicyclic) bond motifs is 1. The van der Waals surface area contributed by atoms with E-state index in [4.69, 9.17) is 4.42 Å². The van der Waals surface area contributed by atoms with Crippen molar-refractivity contribution >= 4 is 11.0 Å². The number of hydrogen-bond donors (Lipinski definition) is 1. The maximum Gasteiger partial charge on any atom is 0.138 e.